The van der Waals surface area contributed by atoms with E-state index in [1.165, 1.54) is 7.11 Å². The summed E-state index contributed by atoms with van der Waals surface area (Å²) in [4.78, 5) is 18.2. The van der Waals surface area contributed by atoms with Crippen molar-refractivity contribution in [2.45, 2.75) is 33.2 Å². The Kier molecular flexibility index (Phi) is 4.04. The maximum absolute atomic E-state index is 11.6. The second-order valence-corrected chi connectivity index (χ2v) is 6.08. The highest BCUT2D eigenvalue weighted by atomic mass is 16.5. The van der Waals surface area contributed by atoms with Crippen LogP contribution in [0.3, 0.4) is 0 Å². The highest BCUT2D eigenvalue weighted by Crippen LogP contribution is 2.34. The van der Waals surface area contributed by atoms with E-state index in [4.69, 9.17) is 10.5 Å². The number of aromatic nitrogens is 2. The number of methoxy groups -OCH3 is 1. The SMILES string of the molecule is COC(=O)c1nc(C)n(CC2(C)CCN(C)CC2)c1N. The fourth-order valence-electron chi connectivity index (χ4n) is 2.73. The number of carbonyl (C=O) groups is 1. The molecule has 0 aliphatic carbocycles. The average molecular weight is 280 g/mol. The van der Waals surface area contributed by atoms with Crippen LogP contribution >= 0.6 is 0 Å². The molecule has 1 aliphatic heterocycles. The van der Waals surface area contributed by atoms with Gasteiger partial charge < -0.3 is 19.9 Å². The Balaban J connectivity index is 2.21. The summed E-state index contributed by atoms with van der Waals surface area (Å²) in [5.74, 6) is 0.704. The predicted octanol–water partition coefficient (Wildman–Crippen LogP) is 1.29. The molecule has 1 aromatic heterocycles. The number of nitrogen functional groups attached to an aromatic ring is 1. The van der Waals surface area contributed by atoms with Crippen molar-refractivity contribution in [1.29, 1.82) is 0 Å². The van der Waals surface area contributed by atoms with Crippen molar-refractivity contribution >= 4 is 11.8 Å². The van der Waals surface area contributed by atoms with Crippen LogP contribution < -0.4 is 5.73 Å². The maximum atomic E-state index is 11.6. The number of anilines is 1. The summed E-state index contributed by atoms with van der Waals surface area (Å²) in [6.07, 6.45) is 2.24. The Morgan fingerprint density at radius 3 is 2.60 bits per heavy atom. The number of hydrogen-bond donors (Lipinski definition) is 1. The molecular weight excluding hydrogens is 256 g/mol. The molecule has 20 heavy (non-hydrogen) atoms. The number of rotatable bonds is 3. The number of ether oxygens (including phenoxy) is 1. The van der Waals surface area contributed by atoms with Gasteiger partial charge in [0.05, 0.1) is 7.11 Å². The molecule has 1 aliphatic rings. The van der Waals surface area contributed by atoms with Gasteiger partial charge in [-0.2, -0.15) is 0 Å². The molecule has 0 amide bonds. The number of carbonyl (C=O) groups excluding carboxylic acids is 1. The third-order valence-corrected chi connectivity index (χ3v) is 4.31. The molecule has 0 spiro atoms. The van der Waals surface area contributed by atoms with Gasteiger partial charge in [-0.15, -0.1) is 0 Å². The van der Waals surface area contributed by atoms with E-state index in [1.54, 1.807) is 0 Å². The summed E-state index contributed by atoms with van der Waals surface area (Å²) in [5, 5.41) is 0. The lowest BCUT2D eigenvalue weighted by atomic mass is 9.80. The quantitative estimate of drug-likeness (QED) is 0.845. The first-order valence-corrected chi connectivity index (χ1v) is 6.96. The van der Waals surface area contributed by atoms with Crippen LogP contribution in [-0.2, 0) is 11.3 Å². The molecule has 1 fully saturated rings. The lowest BCUT2D eigenvalue weighted by Crippen LogP contribution is -2.38. The second kappa shape index (κ2) is 5.44. The topological polar surface area (TPSA) is 73.4 Å². The van der Waals surface area contributed by atoms with Crippen LogP contribution in [0.2, 0.25) is 0 Å². The normalized spacial score (nSPS) is 19.0. The number of nitrogens with two attached hydrogens (primary N) is 1. The monoisotopic (exact) mass is 280 g/mol. The third kappa shape index (κ3) is 2.80. The Morgan fingerprint density at radius 2 is 2.05 bits per heavy atom. The predicted molar refractivity (Wildman–Crippen MR) is 77.6 cm³/mol. The van der Waals surface area contributed by atoms with E-state index in [0.29, 0.717) is 5.82 Å². The minimum absolute atomic E-state index is 0.194. The number of aryl methyl sites for hydroxylation is 1. The standard InChI is InChI=1S/C14H24N4O2/c1-10-16-11(13(19)20-4)12(15)18(10)9-14(2)5-7-17(3)8-6-14/h5-9,15H2,1-4H3. The molecule has 0 radical (unpaired) electrons. The van der Waals surface area contributed by atoms with Crippen molar-refractivity contribution in [3.63, 3.8) is 0 Å². The van der Waals surface area contributed by atoms with E-state index in [1.807, 2.05) is 11.5 Å². The molecule has 1 aromatic rings. The van der Waals surface area contributed by atoms with Gasteiger partial charge in [0.2, 0.25) is 0 Å². The minimum atomic E-state index is -0.474. The first kappa shape index (κ1) is 14.8. The van der Waals surface area contributed by atoms with E-state index in [0.717, 1.165) is 38.3 Å². The zero-order valence-corrected chi connectivity index (χ0v) is 12.8. The lowest BCUT2D eigenvalue weighted by Gasteiger charge is -2.38. The molecule has 6 nitrogen and oxygen atoms in total. The fourth-order valence-corrected chi connectivity index (χ4v) is 2.73. The van der Waals surface area contributed by atoms with Gasteiger partial charge in [0, 0.05) is 6.54 Å². The number of piperidine rings is 1. The van der Waals surface area contributed by atoms with Crippen LogP contribution in [0.1, 0.15) is 36.1 Å². The first-order valence-electron chi connectivity index (χ1n) is 6.96. The van der Waals surface area contributed by atoms with Gasteiger partial charge in [-0.3, -0.25) is 0 Å². The van der Waals surface area contributed by atoms with Crippen molar-refractivity contribution in [2.24, 2.45) is 5.41 Å². The van der Waals surface area contributed by atoms with E-state index in [2.05, 4.69) is 23.9 Å². The van der Waals surface area contributed by atoms with E-state index in [9.17, 15) is 4.79 Å². The summed E-state index contributed by atoms with van der Waals surface area (Å²) < 4.78 is 6.66. The number of nitrogens with zero attached hydrogens (tertiary/aromatic N) is 3. The van der Waals surface area contributed by atoms with E-state index >= 15 is 0 Å². The van der Waals surface area contributed by atoms with Gasteiger partial charge in [0.15, 0.2) is 5.69 Å². The van der Waals surface area contributed by atoms with Crippen molar-refractivity contribution in [1.82, 2.24) is 14.5 Å². The molecule has 2 heterocycles. The Morgan fingerprint density at radius 1 is 1.45 bits per heavy atom. The van der Waals surface area contributed by atoms with Crippen LogP contribution in [-0.4, -0.2) is 47.7 Å². The smallest absolute Gasteiger partial charge is 0.360 e. The fraction of sp³-hybridized carbons (Fsp3) is 0.714. The number of likely N-dealkylation sites (tertiary alicyclic amines) is 1. The molecule has 0 bridgehead atoms. The summed E-state index contributed by atoms with van der Waals surface area (Å²) in [5.41, 5.74) is 6.49. The zero-order valence-electron chi connectivity index (χ0n) is 12.8. The molecule has 6 heteroatoms. The molecule has 2 N–H and O–H groups in total. The van der Waals surface area contributed by atoms with Gasteiger partial charge in [-0.05, 0) is 45.3 Å². The Hall–Kier alpha value is -1.56. The van der Waals surface area contributed by atoms with Crippen molar-refractivity contribution in [2.75, 3.05) is 33.0 Å². The van der Waals surface area contributed by atoms with Crippen molar-refractivity contribution in [3.8, 4) is 0 Å². The second-order valence-electron chi connectivity index (χ2n) is 6.08. The van der Waals surface area contributed by atoms with Gasteiger partial charge in [0.1, 0.15) is 11.6 Å². The molecular formula is C14H24N4O2. The van der Waals surface area contributed by atoms with Crippen LogP contribution in [0, 0.1) is 12.3 Å². The number of esters is 1. The zero-order chi connectivity index (χ0) is 14.9. The van der Waals surface area contributed by atoms with Gasteiger partial charge in [-0.1, -0.05) is 6.92 Å². The van der Waals surface area contributed by atoms with Crippen molar-refractivity contribution in [3.05, 3.63) is 11.5 Å². The highest BCUT2D eigenvalue weighted by molar-refractivity contribution is 5.92. The number of imidazole rings is 1. The van der Waals surface area contributed by atoms with Crippen molar-refractivity contribution < 1.29 is 9.53 Å². The summed E-state index contributed by atoms with van der Waals surface area (Å²) in [6, 6.07) is 0. The van der Waals surface area contributed by atoms with E-state index < -0.39 is 5.97 Å². The molecule has 112 valence electrons. The minimum Gasteiger partial charge on any atom is -0.464 e. The molecule has 0 saturated carbocycles. The first-order chi connectivity index (χ1) is 9.36. The molecule has 0 atom stereocenters. The summed E-state index contributed by atoms with van der Waals surface area (Å²) in [6.45, 7) is 7.13. The maximum Gasteiger partial charge on any atom is 0.360 e. The third-order valence-electron chi connectivity index (χ3n) is 4.31. The average Bonchev–Trinajstić information content (AvgIpc) is 2.69. The Bertz CT molecular complexity index is 502. The molecule has 0 aromatic carbocycles. The van der Waals surface area contributed by atoms with Gasteiger partial charge >= 0.3 is 5.97 Å². The van der Waals surface area contributed by atoms with Gasteiger partial charge in [-0.25, -0.2) is 9.78 Å². The Labute approximate surface area is 119 Å². The summed E-state index contributed by atoms with van der Waals surface area (Å²) >= 11 is 0. The van der Waals surface area contributed by atoms with Crippen LogP contribution in [0.4, 0.5) is 5.82 Å². The summed E-state index contributed by atoms with van der Waals surface area (Å²) in [7, 11) is 3.49. The van der Waals surface area contributed by atoms with Gasteiger partial charge in [0.25, 0.3) is 0 Å². The largest absolute Gasteiger partial charge is 0.464 e. The van der Waals surface area contributed by atoms with Crippen LogP contribution in [0.25, 0.3) is 0 Å². The molecule has 2 rings (SSSR count). The van der Waals surface area contributed by atoms with Crippen LogP contribution in [0.15, 0.2) is 0 Å². The number of hydrogen-bond acceptors (Lipinski definition) is 5. The molecule has 0 unspecified atom stereocenters. The molecule has 1 saturated heterocycles. The van der Waals surface area contributed by atoms with Crippen LogP contribution in [0.5, 0.6) is 0 Å². The highest BCUT2D eigenvalue weighted by Gasteiger charge is 2.31. The lowest BCUT2D eigenvalue weighted by molar-refractivity contribution is 0.0595. The van der Waals surface area contributed by atoms with E-state index in [-0.39, 0.29) is 11.1 Å².